The monoisotopic (exact) mass is 331 g/mol. The quantitative estimate of drug-likeness (QED) is 0.554. The maximum atomic E-state index is 12.9. The minimum absolute atomic E-state index is 0.121. The number of hydrogen-bond acceptors (Lipinski definition) is 2. The second kappa shape index (κ2) is 6.19. The molecule has 3 aromatic rings. The fourth-order valence-corrected chi connectivity index (χ4v) is 2.35. The number of hydrazone groups is 1. The third-order valence-electron chi connectivity index (χ3n) is 3.47. The number of hydrogen-bond donors (Lipinski definition) is 2. The highest BCUT2D eigenvalue weighted by molar-refractivity contribution is 6.06. The summed E-state index contributed by atoms with van der Waals surface area (Å²) in [5, 5.41) is 4.35. The van der Waals surface area contributed by atoms with Gasteiger partial charge in [0.25, 0.3) is 5.91 Å². The number of benzene rings is 2. The molecule has 1 heterocycles. The number of aromatic nitrogens is 1. The van der Waals surface area contributed by atoms with Gasteiger partial charge in [0.15, 0.2) is 0 Å². The van der Waals surface area contributed by atoms with Gasteiger partial charge in [-0.2, -0.15) is 18.3 Å². The third kappa shape index (κ3) is 3.15. The molecule has 0 aliphatic heterocycles. The summed E-state index contributed by atoms with van der Waals surface area (Å²) in [6.45, 7) is 0. The van der Waals surface area contributed by atoms with E-state index >= 15 is 0 Å². The van der Waals surface area contributed by atoms with Crippen LogP contribution in [0.5, 0.6) is 0 Å². The highest BCUT2D eigenvalue weighted by atomic mass is 19.4. The van der Waals surface area contributed by atoms with Crippen LogP contribution >= 0.6 is 0 Å². The Labute approximate surface area is 135 Å². The van der Waals surface area contributed by atoms with Gasteiger partial charge in [-0.15, -0.1) is 0 Å². The topological polar surface area (TPSA) is 57.2 Å². The Hall–Kier alpha value is -3.09. The average Bonchev–Trinajstić information content (AvgIpc) is 2.98. The van der Waals surface area contributed by atoms with E-state index in [4.69, 9.17) is 0 Å². The van der Waals surface area contributed by atoms with Crippen LogP contribution in [-0.2, 0) is 6.18 Å². The predicted octanol–water partition coefficient (Wildman–Crippen LogP) is 3.95. The maximum Gasteiger partial charge on any atom is 0.417 e. The lowest BCUT2D eigenvalue weighted by atomic mass is 10.1. The van der Waals surface area contributed by atoms with E-state index in [1.165, 1.54) is 24.4 Å². The number of rotatable bonds is 3. The molecule has 0 unspecified atom stereocenters. The number of carbonyl (C=O) groups excluding carboxylic acids is 1. The van der Waals surface area contributed by atoms with Crippen LogP contribution < -0.4 is 5.43 Å². The molecule has 2 aromatic carbocycles. The zero-order chi connectivity index (χ0) is 17.2. The van der Waals surface area contributed by atoms with Crippen molar-refractivity contribution in [2.24, 2.45) is 5.10 Å². The summed E-state index contributed by atoms with van der Waals surface area (Å²) in [6, 6.07) is 12.2. The molecule has 1 amide bonds. The molecular weight excluding hydrogens is 319 g/mol. The average molecular weight is 331 g/mol. The number of alkyl halides is 3. The Morgan fingerprint density at radius 3 is 2.58 bits per heavy atom. The van der Waals surface area contributed by atoms with Gasteiger partial charge in [0, 0.05) is 22.7 Å². The molecule has 0 aliphatic carbocycles. The van der Waals surface area contributed by atoms with Crippen molar-refractivity contribution < 1.29 is 18.0 Å². The van der Waals surface area contributed by atoms with Crippen LogP contribution in [0.3, 0.4) is 0 Å². The summed E-state index contributed by atoms with van der Waals surface area (Å²) < 4.78 is 38.6. The number of amides is 1. The highest BCUT2D eigenvalue weighted by Gasteiger charge is 2.32. The van der Waals surface area contributed by atoms with Gasteiger partial charge >= 0.3 is 6.18 Å². The minimum atomic E-state index is -4.48. The number of fused-ring (bicyclic) bond motifs is 1. The van der Waals surface area contributed by atoms with E-state index in [2.05, 4.69) is 15.5 Å². The second-order valence-corrected chi connectivity index (χ2v) is 5.03. The van der Waals surface area contributed by atoms with Gasteiger partial charge < -0.3 is 4.98 Å². The molecule has 0 atom stereocenters. The molecular formula is C17H12F3N3O. The molecule has 0 fully saturated rings. The van der Waals surface area contributed by atoms with Gasteiger partial charge in [-0.25, -0.2) is 5.43 Å². The Morgan fingerprint density at radius 1 is 1.08 bits per heavy atom. The summed E-state index contributed by atoms with van der Waals surface area (Å²) in [5.74, 6) is -0.506. The smallest absolute Gasteiger partial charge is 0.360 e. The van der Waals surface area contributed by atoms with Crippen LogP contribution in [0.4, 0.5) is 13.2 Å². The molecule has 1 aromatic heterocycles. The summed E-state index contributed by atoms with van der Waals surface area (Å²) in [5.41, 5.74) is 2.47. The van der Waals surface area contributed by atoms with E-state index in [1.807, 2.05) is 12.1 Å². The Bertz CT molecular complexity index is 913. The molecule has 4 nitrogen and oxygen atoms in total. The van der Waals surface area contributed by atoms with E-state index < -0.39 is 17.6 Å². The first-order valence-corrected chi connectivity index (χ1v) is 7.02. The van der Waals surface area contributed by atoms with Crippen LogP contribution in [0.15, 0.2) is 59.8 Å². The van der Waals surface area contributed by atoms with Gasteiger partial charge in [-0.1, -0.05) is 36.4 Å². The molecule has 7 heteroatoms. The van der Waals surface area contributed by atoms with E-state index in [9.17, 15) is 18.0 Å². The van der Waals surface area contributed by atoms with Crippen molar-refractivity contribution >= 4 is 23.0 Å². The van der Waals surface area contributed by atoms with Crippen molar-refractivity contribution in [1.29, 1.82) is 0 Å². The standard InChI is InChI=1S/C17H12F3N3O/c18-17(19,20)14-7-3-1-5-11(14)9-22-23-16(24)13-10-21-15-8-4-2-6-12(13)15/h1-10,21H,(H,23,24)/b22-9-. The van der Waals surface area contributed by atoms with Crippen LogP contribution in [0.25, 0.3) is 10.9 Å². The van der Waals surface area contributed by atoms with E-state index in [0.29, 0.717) is 10.9 Å². The maximum absolute atomic E-state index is 12.9. The molecule has 122 valence electrons. The molecule has 0 spiro atoms. The van der Waals surface area contributed by atoms with Crippen LogP contribution in [-0.4, -0.2) is 17.1 Å². The second-order valence-electron chi connectivity index (χ2n) is 5.03. The summed E-state index contributed by atoms with van der Waals surface area (Å²) >= 11 is 0. The first-order valence-electron chi connectivity index (χ1n) is 7.02. The molecule has 2 N–H and O–H groups in total. The SMILES string of the molecule is O=C(N/N=C\c1ccccc1C(F)(F)F)c1c[nH]c2ccccc12. The van der Waals surface area contributed by atoms with Crippen LogP contribution in [0.1, 0.15) is 21.5 Å². The fourth-order valence-electron chi connectivity index (χ4n) is 2.35. The predicted molar refractivity (Wildman–Crippen MR) is 84.8 cm³/mol. The summed E-state index contributed by atoms with van der Waals surface area (Å²) in [7, 11) is 0. The number of H-pyrrole nitrogens is 1. The van der Waals surface area contributed by atoms with Crippen molar-refractivity contribution in [2.45, 2.75) is 6.18 Å². The first kappa shape index (κ1) is 15.8. The van der Waals surface area contributed by atoms with Gasteiger partial charge in [-0.3, -0.25) is 4.79 Å². The Morgan fingerprint density at radius 2 is 1.79 bits per heavy atom. The molecule has 0 radical (unpaired) electrons. The van der Waals surface area contributed by atoms with Gasteiger partial charge in [0.1, 0.15) is 0 Å². The Balaban J connectivity index is 1.79. The molecule has 24 heavy (non-hydrogen) atoms. The number of nitrogens with zero attached hydrogens (tertiary/aromatic N) is 1. The minimum Gasteiger partial charge on any atom is -0.360 e. The lowest BCUT2D eigenvalue weighted by Crippen LogP contribution is -2.17. The number of nitrogens with one attached hydrogen (secondary N) is 2. The summed E-state index contributed by atoms with van der Waals surface area (Å²) in [4.78, 5) is 15.1. The molecule has 0 saturated heterocycles. The normalized spacial score (nSPS) is 12.0. The molecule has 0 saturated carbocycles. The van der Waals surface area contributed by atoms with E-state index in [0.717, 1.165) is 17.8 Å². The van der Waals surface area contributed by atoms with Crippen molar-refractivity contribution in [3.05, 3.63) is 71.4 Å². The lowest BCUT2D eigenvalue weighted by molar-refractivity contribution is -0.137. The van der Waals surface area contributed by atoms with E-state index in [-0.39, 0.29) is 5.56 Å². The van der Waals surface area contributed by atoms with Crippen LogP contribution in [0.2, 0.25) is 0 Å². The van der Waals surface area contributed by atoms with Gasteiger partial charge in [0.2, 0.25) is 0 Å². The largest absolute Gasteiger partial charge is 0.417 e. The zero-order valence-corrected chi connectivity index (χ0v) is 12.3. The molecule has 0 bridgehead atoms. The number of carbonyl (C=O) groups is 1. The van der Waals surface area contributed by atoms with Crippen LogP contribution in [0, 0.1) is 0 Å². The lowest BCUT2D eigenvalue weighted by Gasteiger charge is -2.09. The van der Waals surface area contributed by atoms with Crippen molar-refractivity contribution in [1.82, 2.24) is 10.4 Å². The van der Waals surface area contributed by atoms with E-state index in [1.54, 1.807) is 12.1 Å². The molecule has 3 rings (SSSR count). The zero-order valence-electron chi connectivity index (χ0n) is 12.3. The Kier molecular flexibility index (Phi) is 4.07. The third-order valence-corrected chi connectivity index (χ3v) is 3.47. The molecule has 0 aliphatic rings. The number of para-hydroxylation sites is 1. The highest BCUT2D eigenvalue weighted by Crippen LogP contribution is 2.31. The van der Waals surface area contributed by atoms with Gasteiger partial charge in [0.05, 0.1) is 17.3 Å². The van der Waals surface area contributed by atoms with Crippen molar-refractivity contribution in [3.8, 4) is 0 Å². The van der Waals surface area contributed by atoms with Gasteiger partial charge in [-0.05, 0) is 12.1 Å². The number of aromatic amines is 1. The van der Waals surface area contributed by atoms with Crippen molar-refractivity contribution in [3.63, 3.8) is 0 Å². The summed E-state index contributed by atoms with van der Waals surface area (Å²) in [6.07, 6.45) is -1.97. The number of halogens is 3. The fraction of sp³-hybridized carbons (Fsp3) is 0.0588. The van der Waals surface area contributed by atoms with Crippen molar-refractivity contribution in [2.75, 3.05) is 0 Å². The first-order chi connectivity index (χ1) is 11.5.